The van der Waals surface area contributed by atoms with Crippen molar-refractivity contribution < 1.29 is 13.5 Å². The molecule has 2 rings (SSSR count). The minimum Gasteiger partial charge on any atom is -0.380 e. The Balaban J connectivity index is 2.00. The lowest BCUT2D eigenvalue weighted by Gasteiger charge is -2.30. The number of nitriles is 1. The lowest BCUT2D eigenvalue weighted by atomic mass is 10.2. The molecule has 0 amide bonds. The topological polar surface area (TPSA) is 48.3 Å². The second-order valence-corrected chi connectivity index (χ2v) is 4.54. The third kappa shape index (κ3) is 3.19. The average Bonchev–Trinajstić information content (AvgIpc) is 2.41. The van der Waals surface area contributed by atoms with E-state index in [0.29, 0.717) is 13.2 Å². The Morgan fingerprint density at radius 2 is 2.26 bits per heavy atom. The molecule has 1 atom stereocenters. The first-order valence-corrected chi connectivity index (χ1v) is 6.04. The molecule has 1 aromatic rings. The van der Waals surface area contributed by atoms with Crippen molar-refractivity contribution in [3.05, 3.63) is 29.3 Å². The van der Waals surface area contributed by atoms with Gasteiger partial charge in [0.1, 0.15) is 6.07 Å². The second-order valence-electron chi connectivity index (χ2n) is 4.54. The first-order valence-electron chi connectivity index (χ1n) is 6.04. The van der Waals surface area contributed by atoms with Gasteiger partial charge in [-0.15, -0.1) is 0 Å². The zero-order valence-electron chi connectivity index (χ0n) is 10.6. The molecule has 1 fully saturated rings. The van der Waals surface area contributed by atoms with Crippen LogP contribution < -0.4 is 5.32 Å². The number of anilines is 1. The van der Waals surface area contributed by atoms with Crippen molar-refractivity contribution in [2.45, 2.75) is 6.10 Å². The van der Waals surface area contributed by atoms with Gasteiger partial charge in [0.15, 0.2) is 11.6 Å². The van der Waals surface area contributed by atoms with Gasteiger partial charge in [-0.25, -0.2) is 8.78 Å². The number of rotatable bonds is 3. The van der Waals surface area contributed by atoms with Gasteiger partial charge in [0.05, 0.1) is 24.0 Å². The molecule has 0 saturated carbocycles. The molecule has 4 nitrogen and oxygen atoms in total. The van der Waals surface area contributed by atoms with Crippen molar-refractivity contribution in [1.29, 1.82) is 5.26 Å². The van der Waals surface area contributed by atoms with Crippen LogP contribution in [0.2, 0.25) is 0 Å². The lowest BCUT2D eigenvalue weighted by molar-refractivity contribution is -0.0117. The molecule has 0 radical (unpaired) electrons. The predicted octanol–water partition coefficient (Wildman–Crippen LogP) is 1.58. The lowest BCUT2D eigenvalue weighted by Crippen LogP contribution is -2.43. The third-order valence-corrected chi connectivity index (χ3v) is 3.06. The summed E-state index contributed by atoms with van der Waals surface area (Å²) in [5.74, 6) is -2.14. The molecule has 1 aliphatic rings. The summed E-state index contributed by atoms with van der Waals surface area (Å²) in [6.07, 6.45) is -0.0585. The van der Waals surface area contributed by atoms with Crippen LogP contribution in [-0.2, 0) is 4.74 Å². The summed E-state index contributed by atoms with van der Waals surface area (Å²) in [6.45, 7) is 2.64. The van der Waals surface area contributed by atoms with Crippen molar-refractivity contribution >= 4 is 5.69 Å². The van der Waals surface area contributed by atoms with Gasteiger partial charge in [-0.1, -0.05) is 0 Å². The van der Waals surface area contributed by atoms with Gasteiger partial charge in [0, 0.05) is 19.6 Å². The SMILES string of the molecule is CN1CCOC(CNc2ccc(C#N)c(F)c2F)C1. The Morgan fingerprint density at radius 1 is 1.47 bits per heavy atom. The third-order valence-electron chi connectivity index (χ3n) is 3.06. The zero-order valence-corrected chi connectivity index (χ0v) is 10.6. The first kappa shape index (κ1) is 13.7. The number of nitrogens with zero attached hydrogens (tertiary/aromatic N) is 2. The number of nitrogens with one attached hydrogen (secondary N) is 1. The highest BCUT2D eigenvalue weighted by Crippen LogP contribution is 2.20. The maximum Gasteiger partial charge on any atom is 0.183 e. The van der Waals surface area contributed by atoms with E-state index in [1.165, 1.54) is 12.1 Å². The molecule has 0 aliphatic carbocycles. The van der Waals surface area contributed by atoms with Crippen LogP contribution in [-0.4, -0.2) is 44.3 Å². The molecular weight excluding hydrogens is 252 g/mol. The number of benzene rings is 1. The van der Waals surface area contributed by atoms with E-state index in [-0.39, 0.29) is 17.4 Å². The Kier molecular flexibility index (Phi) is 4.30. The van der Waals surface area contributed by atoms with Crippen LogP contribution in [0, 0.1) is 23.0 Å². The molecule has 1 N–H and O–H groups in total. The number of hydrogen-bond donors (Lipinski definition) is 1. The fourth-order valence-electron chi connectivity index (χ4n) is 1.99. The summed E-state index contributed by atoms with van der Waals surface area (Å²) in [4.78, 5) is 2.12. The number of likely N-dealkylation sites (N-methyl/N-ethyl adjacent to an activating group) is 1. The van der Waals surface area contributed by atoms with Gasteiger partial charge < -0.3 is 15.0 Å². The van der Waals surface area contributed by atoms with Gasteiger partial charge in [-0.05, 0) is 19.2 Å². The van der Waals surface area contributed by atoms with Gasteiger partial charge in [0.25, 0.3) is 0 Å². The van der Waals surface area contributed by atoms with Crippen LogP contribution in [0.25, 0.3) is 0 Å². The highest BCUT2D eigenvalue weighted by molar-refractivity contribution is 5.49. The van der Waals surface area contributed by atoms with Crippen LogP contribution in [0.15, 0.2) is 12.1 Å². The summed E-state index contributed by atoms with van der Waals surface area (Å²) in [6, 6.07) is 4.22. The van der Waals surface area contributed by atoms with Crippen molar-refractivity contribution in [2.75, 3.05) is 38.6 Å². The predicted molar refractivity (Wildman–Crippen MR) is 66.8 cm³/mol. The van der Waals surface area contributed by atoms with E-state index in [0.717, 1.165) is 13.1 Å². The maximum atomic E-state index is 13.6. The van der Waals surface area contributed by atoms with E-state index in [2.05, 4.69) is 10.2 Å². The van der Waals surface area contributed by atoms with E-state index in [1.807, 2.05) is 7.05 Å². The Bertz CT molecular complexity index is 501. The first-order chi connectivity index (χ1) is 9.11. The largest absolute Gasteiger partial charge is 0.380 e. The van der Waals surface area contributed by atoms with Crippen molar-refractivity contribution in [2.24, 2.45) is 0 Å². The summed E-state index contributed by atoms with van der Waals surface area (Å²) in [5, 5.41) is 11.4. The normalized spacial score (nSPS) is 20.0. The van der Waals surface area contributed by atoms with E-state index in [1.54, 1.807) is 6.07 Å². The summed E-state index contributed by atoms with van der Waals surface area (Å²) in [7, 11) is 1.98. The van der Waals surface area contributed by atoms with Crippen LogP contribution in [0.5, 0.6) is 0 Å². The highest BCUT2D eigenvalue weighted by Gasteiger charge is 2.19. The molecule has 1 aliphatic heterocycles. The number of hydrogen-bond acceptors (Lipinski definition) is 4. The zero-order chi connectivity index (χ0) is 13.8. The smallest absolute Gasteiger partial charge is 0.183 e. The highest BCUT2D eigenvalue weighted by atomic mass is 19.2. The molecule has 0 bridgehead atoms. The van der Waals surface area contributed by atoms with Crippen LogP contribution in [0.1, 0.15) is 5.56 Å². The molecule has 0 aromatic heterocycles. The van der Waals surface area contributed by atoms with Crippen molar-refractivity contribution in [3.8, 4) is 6.07 Å². The van der Waals surface area contributed by atoms with E-state index < -0.39 is 11.6 Å². The average molecular weight is 267 g/mol. The summed E-state index contributed by atoms with van der Waals surface area (Å²) >= 11 is 0. The Hall–Kier alpha value is -1.71. The Morgan fingerprint density at radius 3 is 2.95 bits per heavy atom. The fraction of sp³-hybridized carbons (Fsp3) is 0.462. The number of morpholine rings is 1. The molecule has 1 aromatic carbocycles. The minimum atomic E-state index is -1.12. The number of halogens is 2. The molecule has 6 heteroatoms. The maximum absolute atomic E-state index is 13.6. The van der Waals surface area contributed by atoms with Crippen LogP contribution in [0.3, 0.4) is 0 Å². The van der Waals surface area contributed by atoms with Crippen molar-refractivity contribution in [1.82, 2.24) is 4.90 Å². The summed E-state index contributed by atoms with van der Waals surface area (Å²) < 4.78 is 32.6. The van der Waals surface area contributed by atoms with Gasteiger partial charge in [-0.3, -0.25) is 0 Å². The monoisotopic (exact) mass is 267 g/mol. The standard InChI is InChI=1S/C13H15F2N3O/c1-18-4-5-19-10(8-18)7-17-11-3-2-9(6-16)12(14)13(11)15/h2-3,10,17H,4-5,7-8H2,1H3. The Labute approximate surface area is 110 Å². The van der Waals surface area contributed by atoms with E-state index in [9.17, 15) is 8.78 Å². The summed E-state index contributed by atoms with van der Waals surface area (Å²) in [5.41, 5.74) is -0.245. The minimum absolute atomic E-state index is 0.0494. The van der Waals surface area contributed by atoms with E-state index >= 15 is 0 Å². The van der Waals surface area contributed by atoms with Crippen LogP contribution >= 0.6 is 0 Å². The molecule has 1 heterocycles. The van der Waals surface area contributed by atoms with Crippen LogP contribution in [0.4, 0.5) is 14.5 Å². The molecular formula is C13H15F2N3O. The molecule has 1 unspecified atom stereocenters. The second kappa shape index (κ2) is 5.95. The molecule has 102 valence electrons. The molecule has 0 spiro atoms. The van der Waals surface area contributed by atoms with Gasteiger partial charge in [-0.2, -0.15) is 5.26 Å². The van der Waals surface area contributed by atoms with Crippen molar-refractivity contribution in [3.63, 3.8) is 0 Å². The number of ether oxygens (including phenoxy) is 1. The molecule has 1 saturated heterocycles. The van der Waals surface area contributed by atoms with Gasteiger partial charge >= 0.3 is 0 Å². The fourth-order valence-corrected chi connectivity index (χ4v) is 1.99. The quantitative estimate of drug-likeness (QED) is 0.903. The van der Waals surface area contributed by atoms with E-state index in [4.69, 9.17) is 10.00 Å². The molecule has 19 heavy (non-hydrogen) atoms. The van der Waals surface area contributed by atoms with Gasteiger partial charge in [0.2, 0.25) is 0 Å².